The minimum Gasteiger partial charge on any atom is -0.370 e. The van der Waals surface area contributed by atoms with Gasteiger partial charge in [0.05, 0.1) is 18.6 Å². The lowest BCUT2D eigenvalue weighted by molar-refractivity contribution is 0.0950. The summed E-state index contributed by atoms with van der Waals surface area (Å²) in [6.45, 7) is 7.31. The van der Waals surface area contributed by atoms with Crippen molar-refractivity contribution in [3.8, 4) is 0 Å². The highest BCUT2D eigenvalue weighted by Crippen LogP contribution is 2.17. The normalized spacial score (nSPS) is 10.7. The van der Waals surface area contributed by atoms with Crippen LogP contribution in [-0.2, 0) is 6.54 Å². The molecule has 0 atom stereocenters. The van der Waals surface area contributed by atoms with Crippen molar-refractivity contribution < 1.29 is 4.79 Å². The van der Waals surface area contributed by atoms with Crippen molar-refractivity contribution in [2.24, 2.45) is 0 Å². The van der Waals surface area contributed by atoms with Crippen molar-refractivity contribution in [1.29, 1.82) is 0 Å². The summed E-state index contributed by atoms with van der Waals surface area (Å²) in [4.78, 5) is 23.7. The highest BCUT2D eigenvalue weighted by molar-refractivity contribution is 5.95. The molecule has 0 unspecified atom stereocenters. The van der Waals surface area contributed by atoms with Gasteiger partial charge in [-0.1, -0.05) is 13.8 Å². The SMILES string of the molecule is CCNc1cc(C(=O)NCc2cnc[nH]2)cc(C(C)C)n1. The van der Waals surface area contributed by atoms with E-state index in [0.29, 0.717) is 12.1 Å². The van der Waals surface area contributed by atoms with E-state index >= 15 is 0 Å². The molecule has 2 heterocycles. The summed E-state index contributed by atoms with van der Waals surface area (Å²) in [6.07, 6.45) is 3.28. The third kappa shape index (κ3) is 4.05. The van der Waals surface area contributed by atoms with Crippen LogP contribution < -0.4 is 10.6 Å². The van der Waals surface area contributed by atoms with Gasteiger partial charge in [0.2, 0.25) is 0 Å². The number of nitrogens with one attached hydrogen (secondary N) is 3. The summed E-state index contributed by atoms with van der Waals surface area (Å²) in [5.41, 5.74) is 2.39. The highest BCUT2D eigenvalue weighted by atomic mass is 16.1. The second-order valence-electron chi connectivity index (χ2n) is 5.11. The van der Waals surface area contributed by atoms with Crippen LogP contribution in [0, 0.1) is 0 Å². The molecular weight excluding hydrogens is 266 g/mol. The summed E-state index contributed by atoms with van der Waals surface area (Å²) in [7, 11) is 0. The second-order valence-corrected chi connectivity index (χ2v) is 5.11. The number of carbonyl (C=O) groups is 1. The molecule has 0 spiro atoms. The fourth-order valence-corrected chi connectivity index (χ4v) is 1.91. The standard InChI is InChI=1S/C15H21N5O/c1-4-17-14-6-11(5-13(20-14)10(2)3)15(21)18-8-12-7-16-9-19-12/h5-7,9-10H,4,8H2,1-3H3,(H,16,19)(H,17,20)(H,18,21). The van der Waals surface area contributed by atoms with Crippen LogP contribution in [0.1, 0.15) is 48.4 Å². The number of hydrogen-bond acceptors (Lipinski definition) is 4. The minimum atomic E-state index is -0.118. The smallest absolute Gasteiger partial charge is 0.251 e. The number of pyridine rings is 1. The monoisotopic (exact) mass is 287 g/mol. The van der Waals surface area contributed by atoms with E-state index in [2.05, 4.69) is 39.4 Å². The molecule has 0 saturated carbocycles. The molecule has 2 aromatic heterocycles. The van der Waals surface area contributed by atoms with E-state index < -0.39 is 0 Å². The molecule has 2 rings (SSSR count). The molecule has 0 aliphatic heterocycles. The molecule has 0 radical (unpaired) electrons. The van der Waals surface area contributed by atoms with Crippen molar-refractivity contribution in [2.45, 2.75) is 33.2 Å². The third-order valence-electron chi connectivity index (χ3n) is 3.05. The minimum absolute atomic E-state index is 0.118. The number of aromatic nitrogens is 3. The first kappa shape index (κ1) is 15.0. The average Bonchev–Trinajstić information content (AvgIpc) is 2.98. The van der Waals surface area contributed by atoms with Gasteiger partial charge in [-0.3, -0.25) is 4.79 Å². The molecule has 3 N–H and O–H groups in total. The van der Waals surface area contributed by atoms with E-state index in [-0.39, 0.29) is 11.8 Å². The molecule has 6 nitrogen and oxygen atoms in total. The Bertz CT molecular complexity index is 592. The van der Waals surface area contributed by atoms with E-state index in [0.717, 1.165) is 23.8 Å². The predicted molar refractivity (Wildman–Crippen MR) is 82.2 cm³/mol. The van der Waals surface area contributed by atoms with Gasteiger partial charge < -0.3 is 15.6 Å². The number of amides is 1. The van der Waals surface area contributed by atoms with Crippen LogP contribution in [0.2, 0.25) is 0 Å². The van der Waals surface area contributed by atoms with Gasteiger partial charge in [0.15, 0.2) is 0 Å². The van der Waals surface area contributed by atoms with E-state index in [4.69, 9.17) is 0 Å². The Morgan fingerprint density at radius 3 is 2.81 bits per heavy atom. The Kier molecular flexibility index (Phi) is 4.92. The van der Waals surface area contributed by atoms with Crippen LogP contribution >= 0.6 is 0 Å². The number of imidazole rings is 1. The number of carbonyl (C=O) groups excluding carboxylic acids is 1. The van der Waals surface area contributed by atoms with E-state index in [9.17, 15) is 4.79 Å². The Hall–Kier alpha value is -2.37. The maximum atomic E-state index is 12.3. The summed E-state index contributed by atoms with van der Waals surface area (Å²) in [6, 6.07) is 3.62. The van der Waals surface area contributed by atoms with Crippen molar-refractivity contribution in [2.75, 3.05) is 11.9 Å². The lowest BCUT2D eigenvalue weighted by Crippen LogP contribution is -2.23. The first-order chi connectivity index (χ1) is 10.1. The molecule has 21 heavy (non-hydrogen) atoms. The van der Waals surface area contributed by atoms with E-state index in [1.807, 2.05) is 13.0 Å². The van der Waals surface area contributed by atoms with Gasteiger partial charge in [0.1, 0.15) is 5.82 Å². The van der Waals surface area contributed by atoms with Gasteiger partial charge >= 0.3 is 0 Å². The Morgan fingerprint density at radius 1 is 1.38 bits per heavy atom. The highest BCUT2D eigenvalue weighted by Gasteiger charge is 2.11. The van der Waals surface area contributed by atoms with Crippen LogP contribution in [-0.4, -0.2) is 27.4 Å². The largest absolute Gasteiger partial charge is 0.370 e. The number of rotatable bonds is 6. The van der Waals surface area contributed by atoms with Gasteiger partial charge in [-0.25, -0.2) is 9.97 Å². The lowest BCUT2D eigenvalue weighted by Gasteiger charge is -2.12. The average molecular weight is 287 g/mol. The molecule has 0 aromatic carbocycles. The first-order valence-corrected chi connectivity index (χ1v) is 7.11. The molecular formula is C15H21N5O. The molecule has 0 aliphatic rings. The van der Waals surface area contributed by atoms with Gasteiger partial charge in [-0.2, -0.15) is 0 Å². The van der Waals surface area contributed by atoms with Gasteiger partial charge in [0, 0.05) is 24.0 Å². The molecule has 2 aromatic rings. The molecule has 0 fully saturated rings. The quantitative estimate of drug-likeness (QED) is 0.761. The van der Waals surface area contributed by atoms with Crippen molar-refractivity contribution in [3.63, 3.8) is 0 Å². The lowest BCUT2D eigenvalue weighted by atomic mass is 10.1. The zero-order valence-electron chi connectivity index (χ0n) is 12.6. The number of H-pyrrole nitrogens is 1. The van der Waals surface area contributed by atoms with Crippen LogP contribution in [0.15, 0.2) is 24.7 Å². The molecule has 0 bridgehead atoms. The molecule has 0 aliphatic carbocycles. The summed E-state index contributed by atoms with van der Waals surface area (Å²) in [5, 5.41) is 6.03. The molecule has 1 amide bonds. The van der Waals surface area contributed by atoms with Crippen LogP contribution in [0.5, 0.6) is 0 Å². The maximum absolute atomic E-state index is 12.3. The van der Waals surface area contributed by atoms with Crippen LogP contribution in [0.25, 0.3) is 0 Å². The van der Waals surface area contributed by atoms with E-state index in [1.165, 1.54) is 0 Å². The Balaban J connectivity index is 2.14. The number of anilines is 1. The first-order valence-electron chi connectivity index (χ1n) is 7.11. The second kappa shape index (κ2) is 6.88. The summed E-state index contributed by atoms with van der Waals surface area (Å²) >= 11 is 0. The van der Waals surface area contributed by atoms with E-state index in [1.54, 1.807) is 18.6 Å². The van der Waals surface area contributed by atoms with Crippen molar-refractivity contribution in [3.05, 3.63) is 41.6 Å². The van der Waals surface area contributed by atoms with Gasteiger partial charge in [0.25, 0.3) is 5.91 Å². The number of aromatic amines is 1. The van der Waals surface area contributed by atoms with Crippen LogP contribution in [0.4, 0.5) is 5.82 Å². The van der Waals surface area contributed by atoms with Crippen molar-refractivity contribution >= 4 is 11.7 Å². The number of nitrogens with zero attached hydrogens (tertiary/aromatic N) is 2. The maximum Gasteiger partial charge on any atom is 0.251 e. The molecule has 0 saturated heterocycles. The summed E-state index contributed by atoms with van der Waals surface area (Å²) in [5.74, 6) is 0.881. The fourth-order valence-electron chi connectivity index (χ4n) is 1.91. The van der Waals surface area contributed by atoms with Crippen LogP contribution in [0.3, 0.4) is 0 Å². The molecule has 6 heteroatoms. The predicted octanol–water partition coefficient (Wildman–Crippen LogP) is 2.29. The van der Waals surface area contributed by atoms with Gasteiger partial charge in [-0.15, -0.1) is 0 Å². The van der Waals surface area contributed by atoms with Crippen molar-refractivity contribution in [1.82, 2.24) is 20.3 Å². The Morgan fingerprint density at radius 2 is 2.19 bits per heavy atom. The van der Waals surface area contributed by atoms with Gasteiger partial charge in [-0.05, 0) is 25.0 Å². The zero-order chi connectivity index (χ0) is 15.2. The molecule has 112 valence electrons. The summed E-state index contributed by atoms with van der Waals surface area (Å²) < 4.78 is 0. The fraction of sp³-hybridized carbons (Fsp3) is 0.400. The Labute approximate surface area is 124 Å². The number of hydrogen-bond donors (Lipinski definition) is 3. The topological polar surface area (TPSA) is 82.7 Å². The zero-order valence-corrected chi connectivity index (χ0v) is 12.6. The third-order valence-corrected chi connectivity index (χ3v) is 3.05.